The molecule has 0 amide bonds. The fourth-order valence-electron chi connectivity index (χ4n) is 1.91. The van der Waals surface area contributed by atoms with Gasteiger partial charge in [-0.3, -0.25) is 10.1 Å². The van der Waals surface area contributed by atoms with Gasteiger partial charge in [0.1, 0.15) is 5.69 Å². The summed E-state index contributed by atoms with van der Waals surface area (Å²) in [6.07, 6.45) is 2.56. The summed E-state index contributed by atoms with van der Waals surface area (Å²) in [6.45, 7) is 2.92. The van der Waals surface area contributed by atoms with Crippen molar-refractivity contribution in [3.8, 4) is 0 Å². The van der Waals surface area contributed by atoms with Crippen LogP contribution in [-0.2, 0) is 0 Å². The van der Waals surface area contributed by atoms with E-state index in [1.807, 2.05) is 0 Å². The van der Waals surface area contributed by atoms with Gasteiger partial charge < -0.3 is 5.32 Å². The van der Waals surface area contributed by atoms with Crippen LogP contribution in [0.4, 0.5) is 11.4 Å². The van der Waals surface area contributed by atoms with Gasteiger partial charge in [0.2, 0.25) is 0 Å². The maximum Gasteiger partial charge on any atom is 0.292 e. The van der Waals surface area contributed by atoms with Gasteiger partial charge in [0.25, 0.3) is 5.69 Å². The van der Waals surface area contributed by atoms with Crippen molar-refractivity contribution >= 4 is 23.0 Å². The van der Waals surface area contributed by atoms with E-state index in [4.69, 9.17) is 11.6 Å². The molecule has 0 heterocycles. The number of nitro benzene ring substituents is 1. The fraction of sp³-hybridized carbons (Fsp3) is 0.500. The molecule has 1 atom stereocenters. The van der Waals surface area contributed by atoms with E-state index in [0.717, 1.165) is 12.5 Å². The first kappa shape index (κ1) is 12.2. The lowest BCUT2D eigenvalue weighted by Gasteiger charge is -2.12. The monoisotopic (exact) mass is 254 g/mol. The standard InChI is InChI=1S/C12H15ClN2O2/c1-8(9-2-3-9)7-14-11-6-10(13)4-5-12(11)15(16)17/h4-6,8-9,14H,2-3,7H2,1H3. The number of nitrogens with zero attached hydrogens (tertiary/aromatic N) is 1. The zero-order chi connectivity index (χ0) is 12.4. The summed E-state index contributed by atoms with van der Waals surface area (Å²) >= 11 is 5.85. The molecule has 0 aromatic heterocycles. The molecule has 0 radical (unpaired) electrons. The van der Waals surface area contributed by atoms with Gasteiger partial charge in [-0.25, -0.2) is 0 Å². The number of halogens is 1. The van der Waals surface area contributed by atoms with Crippen LogP contribution < -0.4 is 5.32 Å². The van der Waals surface area contributed by atoms with Crippen molar-refractivity contribution in [2.45, 2.75) is 19.8 Å². The molecule has 0 saturated heterocycles. The van der Waals surface area contributed by atoms with Gasteiger partial charge in [-0.05, 0) is 36.8 Å². The highest BCUT2D eigenvalue weighted by Crippen LogP contribution is 2.37. The number of nitrogens with one attached hydrogen (secondary N) is 1. The Morgan fingerprint density at radius 1 is 1.59 bits per heavy atom. The fourth-order valence-corrected chi connectivity index (χ4v) is 2.08. The number of anilines is 1. The van der Waals surface area contributed by atoms with Gasteiger partial charge in [0, 0.05) is 17.6 Å². The molecule has 2 rings (SSSR count). The maximum atomic E-state index is 10.8. The smallest absolute Gasteiger partial charge is 0.292 e. The van der Waals surface area contributed by atoms with Crippen molar-refractivity contribution in [2.24, 2.45) is 11.8 Å². The topological polar surface area (TPSA) is 55.2 Å². The highest BCUT2D eigenvalue weighted by atomic mass is 35.5. The van der Waals surface area contributed by atoms with Gasteiger partial charge in [-0.1, -0.05) is 18.5 Å². The molecule has 1 unspecified atom stereocenters. The van der Waals surface area contributed by atoms with E-state index in [9.17, 15) is 10.1 Å². The van der Waals surface area contributed by atoms with Crippen LogP contribution in [0.3, 0.4) is 0 Å². The predicted octanol–water partition coefficient (Wildman–Crippen LogP) is 3.71. The normalized spacial score (nSPS) is 16.6. The number of nitro groups is 1. The molecular formula is C12H15ClN2O2. The summed E-state index contributed by atoms with van der Waals surface area (Å²) in [5.74, 6) is 1.33. The molecule has 1 fully saturated rings. The third-order valence-electron chi connectivity index (χ3n) is 3.20. The van der Waals surface area contributed by atoms with Crippen molar-refractivity contribution < 1.29 is 4.92 Å². The number of hydrogen-bond acceptors (Lipinski definition) is 3. The summed E-state index contributed by atoms with van der Waals surface area (Å²) in [7, 11) is 0. The Balaban J connectivity index is 2.07. The van der Waals surface area contributed by atoms with Crippen LogP contribution in [-0.4, -0.2) is 11.5 Å². The Hall–Kier alpha value is -1.29. The van der Waals surface area contributed by atoms with Crippen molar-refractivity contribution in [1.29, 1.82) is 0 Å². The van der Waals surface area contributed by atoms with Gasteiger partial charge in [-0.2, -0.15) is 0 Å². The Bertz CT molecular complexity index is 433. The molecule has 0 bridgehead atoms. The third kappa shape index (κ3) is 3.09. The van der Waals surface area contributed by atoms with E-state index < -0.39 is 0 Å². The molecule has 4 nitrogen and oxygen atoms in total. The maximum absolute atomic E-state index is 10.8. The summed E-state index contributed by atoms with van der Waals surface area (Å²) in [5, 5.41) is 14.5. The van der Waals surface area contributed by atoms with Gasteiger partial charge in [0.15, 0.2) is 0 Å². The van der Waals surface area contributed by atoms with Crippen LogP contribution in [0.1, 0.15) is 19.8 Å². The molecule has 1 aliphatic carbocycles. The lowest BCUT2D eigenvalue weighted by molar-refractivity contribution is -0.384. The van der Waals surface area contributed by atoms with Crippen molar-refractivity contribution in [2.75, 3.05) is 11.9 Å². The molecule has 1 aromatic rings. The molecule has 1 aromatic carbocycles. The Morgan fingerprint density at radius 3 is 2.88 bits per heavy atom. The minimum atomic E-state index is -0.388. The van der Waals surface area contributed by atoms with Crippen molar-refractivity contribution in [1.82, 2.24) is 0 Å². The minimum Gasteiger partial charge on any atom is -0.379 e. The van der Waals surface area contributed by atoms with Gasteiger partial charge >= 0.3 is 0 Å². The SMILES string of the molecule is CC(CNc1cc(Cl)ccc1[N+](=O)[O-])C1CC1. The second-order valence-corrected chi connectivity index (χ2v) is 5.05. The first-order chi connectivity index (χ1) is 8.08. The average molecular weight is 255 g/mol. The third-order valence-corrected chi connectivity index (χ3v) is 3.43. The van der Waals surface area contributed by atoms with E-state index in [1.54, 1.807) is 6.07 Å². The molecule has 1 aliphatic rings. The van der Waals surface area contributed by atoms with Crippen LogP contribution in [0.5, 0.6) is 0 Å². The summed E-state index contributed by atoms with van der Waals surface area (Å²) in [4.78, 5) is 10.5. The largest absolute Gasteiger partial charge is 0.379 e. The van der Waals surface area contributed by atoms with E-state index in [-0.39, 0.29) is 10.6 Å². The van der Waals surface area contributed by atoms with Crippen molar-refractivity contribution in [3.63, 3.8) is 0 Å². The quantitative estimate of drug-likeness (QED) is 0.644. The second-order valence-electron chi connectivity index (χ2n) is 4.61. The molecular weight excluding hydrogens is 240 g/mol. The van der Waals surface area contributed by atoms with Gasteiger partial charge in [-0.15, -0.1) is 0 Å². The van der Waals surface area contributed by atoms with Crippen LogP contribution in [0, 0.1) is 22.0 Å². The summed E-state index contributed by atoms with van der Waals surface area (Å²) in [6, 6.07) is 4.58. The molecule has 5 heteroatoms. The first-order valence-electron chi connectivity index (χ1n) is 5.75. The highest BCUT2D eigenvalue weighted by Gasteiger charge is 2.28. The highest BCUT2D eigenvalue weighted by molar-refractivity contribution is 6.31. The Kier molecular flexibility index (Phi) is 3.52. The lowest BCUT2D eigenvalue weighted by Crippen LogP contribution is -2.13. The lowest BCUT2D eigenvalue weighted by atomic mass is 10.1. The molecule has 17 heavy (non-hydrogen) atoms. The van der Waals surface area contributed by atoms with E-state index >= 15 is 0 Å². The Morgan fingerprint density at radius 2 is 2.29 bits per heavy atom. The van der Waals surface area contributed by atoms with Crippen molar-refractivity contribution in [3.05, 3.63) is 33.3 Å². The molecule has 92 valence electrons. The number of benzene rings is 1. The van der Waals surface area contributed by atoms with Crippen LogP contribution in [0.2, 0.25) is 5.02 Å². The van der Waals surface area contributed by atoms with E-state index in [1.165, 1.54) is 25.0 Å². The van der Waals surface area contributed by atoms with Crippen LogP contribution in [0.15, 0.2) is 18.2 Å². The number of rotatable bonds is 5. The average Bonchev–Trinajstić information content (AvgIpc) is 3.09. The van der Waals surface area contributed by atoms with Gasteiger partial charge in [0.05, 0.1) is 4.92 Å². The predicted molar refractivity (Wildman–Crippen MR) is 68.5 cm³/mol. The van der Waals surface area contributed by atoms with Crippen LogP contribution in [0.25, 0.3) is 0 Å². The second kappa shape index (κ2) is 4.92. The summed E-state index contributed by atoms with van der Waals surface area (Å²) in [5.41, 5.74) is 0.590. The van der Waals surface area contributed by atoms with E-state index in [0.29, 0.717) is 16.6 Å². The Labute approximate surface area is 105 Å². The van der Waals surface area contributed by atoms with Crippen LogP contribution >= 0.6 is 11.6 Å². The van der Waals surface area contributed by atoms with E-state index in [2.05, 4.69) is 12.2 Å². The molecule has 0 spiro atoms. The summed E-state index contributed by atoms with van der Waals surface area (Å²) < 4.78 is 0. The molecule has 0 aliphatic heterocycles. The minimum absolute atomic E-state index is 0.0809. The zero-order valence-electron chi connectivity index (χ0n) is 9.65. The molecule has 1 N–H and O–H groups in total. The molecule has 1 saturated carbocycles. The number of hydrogen-bond donors (Lipinski definition) is 1. The zero-order valence-corrected chi connectivity index (χ0v) is 10.4. The first-order valence-corrected chi connectivity index (χ1v) is 6.13.